The second-order valence-corrected chi connectivity index (χ2v) is 8.91. The van der Waals surface area contributed by atoms with E-state index in [0.717, 1.165) is 6.07 Å². The third-order valence-corrected chi connectivity index (χ3v) is 6.07. The predicted molar refractivity (Wildman–Crippen MR) is 125 cm³/mol. The molecule has 34 heavy (non-hydrogen) atoms. The second-order valence-electron chi connectivity index (χ2n) is 8.09. The minimum atomic E-state index is -1.39. The average molecular weight is 528 g/mol. The number of halogens is 4. The first-order valence-electron chi connectivity index (χ1n) is 9.95. The van der Waals surface area contributed by atoms with Gasteiger partial charge < -0.3 is 9.69 Å². The van der Waals surface area contributed by atoms with E-state index in [2.05, 4.69) is 4.98 Å². The number of carbonyl (C=O) groups excluding carboxylic acids is 2. The molecule has 0 unspecified atom stereocenters. The smallest absolute Gasteiger partial charge is 0.376 e. The van der Waals surface area contributed by atoms with Crippen molar-refractivity contribution in [3.05, 3.63) is 75.7 Å². The number of rotatable bonds is 5. The maximum absolute atomic E-state index is 14.4. The van der Waals surface area contributed by atoms with Crippen LogP contribution in [0.3, 0.4) is 0 Å². The van der Waals surface area contributed by atoms with Crippen LogP contribution in [0.2, 0.25) is 10.0 Å². The summed E-state index contributed by atoms with van der Waals surface area (Å²) in [5.74, 6) is -1.25. The summed E-state index contributed by atoms with van der Waals surface area (Å²) in [5, 5.41) is 0.357. The monoisotopic (exact) mass is 527 g/mol. The van der Waals surface area contributed by atoms with E-state index >= 15 is 0 Å². The fourth-order valence-electron chi connectivity index (χ4n) is 3.78. The number of nitrogens with zero attached hydrogens (tertiary/aromatic N) is 3. The first-order chi connectivity index (χ1) is 15.6. The Morgan fingerprint density at radius 2 is 1.88 bits per heavy atom. The number of amides is 1. The molecular formula is C24H18Cl2F2KN3O2. The Morgan fingerprint density at radius 3 is 2.50 bits per heavy atom. The van der Waals surface area contributed by atoms with Crippen molar-refractivity contribution < 1.29 is 69.8 Å². The zero-order valence-corrected chi connectivity index (χ0v) is 23.3. The molecule has 0 N–H and O–H groups in total. The van der Waals surface area contributed by atoms with Crippen molar-refractivity contribution in [1.29, 1.82) is 0 Å². The van der Waals surface area contributed by atoms with E-state index in [4.69, 9.17) is 23.2 Å². The summed E-state index contributed by atoms with van der Waals surface area (Å²) in [7, 11) is 1.44. The number of benzene rings is 2. The fourth-order valence-corrected chi connectivity index (χ4v) is 4.25. The van der Waals surface area contributed by atoms with Gasteiger partial charge in [-0.2, -0.15) is 17.7 Å². The van der Waals surface area contributed by atoms with E-state index in [1.165, 1.54) is 43.3 Å². The first-order valence-corrected chi connectivity index (χ1v) is 10.7. The van der Waals surface area contributed by atoms with E-state index < -0.39 is 17.4 Å². The molecule has 1 aliphatic rings. The van der Waals surface area contributed by atoms with Gasteiger partial charge >= 0.3 is 51.4 Å². The third kappa shape index (κ3) is 5.38. The Morgan fingerprint density at radius 1 is 1.18 bits per heavy atom. The van der Waals surface area contributed by atoms with Crippen LogP contribution in [-0.4, -0.2) is 43.0 Å². The molecule has 1 fully saturated rings. The predicted octanol–water partition coefficient (Wildman–Crippen LogP) is 2.48. The van der Waals surface area contributed by atoms with Gasteiger partial charge in [0.2, 0.25) is 0 Å². The molecule has 10 heteroatoms. The summed E-state index contributed by atoms with van der Waals surface area (Å²) in [6.07, 6.45) is 3.30. The molecule has 0 aliphatic carbocycles. The van der Waals surface area contributed by atoms with Gasteiger partial charge in [-0.1, -0.05) is 40.9 Å². The van der Waals surface area contributed by atoms with Crippen molar-refractivity contribution in [2.24, 2.45) is 0 Å². The minimum Gasteiger partial charge on any atom is -0.376 e. The van der Waals surface area contributed by atoms with Crippen LogP contribution in [0, 0.1) is 5.82 Å². The van der Waals surface area contributed by atoms with Crippen LogP contribution in [0.5, 0.6) is 0 Å². The van der Waals surface area contributed by atoms with E-state index in [9.17, 15) is 18.4 Å². The summed E-state index contributed by atoms with van der Waals surface area (Å²) < 4.78 is 28.7. The largest absolute Gasteiger partial charge is 1.00 e. The zero-order chi connectivity index (χ0) is 23.9. The van der Waals surface area contributed by atoms with Gasteiger partial charge in [-0.25, -0.2) is 13.8 Å². The van der Waals surface area contributed by atoms with Gasteiger partial charge in [0.25, 0.3) is 5.91 Å². The van der Waals surface area contributed by atoms with Gasteiger partial charge in [0.15, 0.2) is 5.82 Å². The third-order valence-electron chi connectivity index (χ3n) is 5.42. The number of hydrogen-bond donors (Lipinski definition) is 0. The van der Waals surface area contributed by atoms with E-state index in [-0.39, 0.29) is 80.9 Å². The van der Waals surface area contributed by atoms with Crippen LogP contribution in [-0.2, 0) is 4.79 Å². The number of pyridine rings is 1. The zero-order valence-electron chi connectivity index (χ0n) is 18.7. The Bertz CT molecular complexity index is 1240. The molecular weight excluding hydrogens is 510 g/mol. The normalized spacial score (nSPS) is 14.1. The minimum absolute atomic E-state index is 0. The summed E-state index contributed by atoms with van der Waals surface area (Å²) in [4.78, 5) is 31.5. The van der Waals surface area contributed by atoms with Gasteiger partial charge in [0.1, 0.15) is 11.5 Å². The Hall–Kier alpha value is -1.39. The molecule has 0 atom stereocenters. The Labute approximate surface area is 248 Å². The molecule has 5 nitrogen and oxygen atoms in total. The average Bonchev–Trinajstić information content (AvgIpc) is 2.76. The number of hydrogen-bond acceptors (Lipinski definition) is 4. The van der Waals surface area contributed by atoms with Crippen molar-refractivity contribution >= 4 is 46.9 Å². The Kier molecular flexibility index (Phi) is 8.56. The van der Waals surface area contributed by atoms with Crippen molar-refractivity contribution in [1.82, 2.24) is 4.98 Å². The quantitative estimate of drug-likeness (QED) is 0.378. The summed E-state index contributed by atoms with van der Waals surface area (Å²) in [6, 6.07) is 10.4. The molecule has 0 bridgehead atoms. The Balaban J connectivity index is 0.00000324. The maximum Gasteiger partial charge on any atom is 1.00 e. The molecule has 2 aromatic carbocycles. The van der Waals surface area contributed by atoms with E-state index in [1.807, 2.05) is 6.29 Å². The number of aromatic nitrogens is 1. The maximum atomic E-state index is 14.4. The van der Waals surface area contributed by atoms with Crippen molar-refractivity contribution in [2.75, 3.05) is 29.9 Å². The number of carbonyl (C=O) groups is 1. The van der Waals surface area contributed by atoms with Crippen LogP contribution < -0.4 is 61.2 Å². The molecule has 0 spiro atoms. The van der Waals surface area contributed by atoms with Gasteiger partial charge in [-0.3, -0.25) is 9.69 Å². The molecule has 1 saturated heterocycles. The number of anilines is 2. The second kappa shape index (κ2) is 10.7. The van der Waals surface area contributed by atoms with Crippen LogP contribution in [0.25, 0.3) is 11.1 Å². The van der Waals surface area contributed by atoms with E-state index in [1.54, 1.807) is 23.1 Å². The van der Waals surface area contributed by atoms with Crippen molar-refractivity contribution in [2.45, 2.75) is 12.6 Å². The number of alkyl halides is 1. The topological polar surface area (TPSA) is 53.5 Å². The van der Waals surface area contributed by atoms with Gasteiger partial charge in [-0.05, 0) is 30.7 Å². The van der Waals surface area contributed by atoms with E-state index in [0.29, 0.717) is 27.4 Å². The standard InChI is InChI=1S/C24H18Cl2F2N3O2.K/c1-24(28)12-31(13-24)20-9-15(16-8-14(11-32)6-7-17(16)25)10-29-22(20)30(2)23(33)21-18(26)4-3-5-19(21)27;/h3-10H,12-13H2,1-2H3;/q-1;+1. The summed E-state index contributed by atoms with van der Waals surface area (Å²) in [5.41, 5.74) is 0.189. The summed E-state index contributed by atoms with van der Waals surface area (Å²) >= 11 is 12.4. The summed E-state index contributed by atoms with van der Waals surface area (Å²) in [6.45, 7) is 1.65. The van der Waals surface area contributed by atoms with Crippen LogP contribution in [0.1, 0.15) is 22.8 Å². The molecule has 4 rings (SSSR count). The molecule has 1 aliphatic heterocycles. The molecule has 0 saturated carbocycles. The SMILES string of the molecule is CN(C(=O)c1c(F)cccc1Cl)c1ncc(-c2cc([C-]=O)ccc2Cl)cc1N1CC(C)(F)C1.[K+]. The molecule has 2 heterocycles. The molecule has 0 radical (unpaired) electrons. The van der Waals surface area contributed by atoms with Gasteiger partial charge in [0, 0.05) is 18.3 Å². The van der Waals surface area contributed by atoms with Gasteiger partial charge in [-0.15, -0.1) is 0 Å². The van der Waals surface area contributed by atoms with Crippen LogP contribution in [0.15, 0.2) is 48.7 Å². The van der Waals surface area contributed by atoms with Crippen molar-refractivity contribution in [3.8, 4) is 11.1 Å². The van der Waals surface area contributed by atoms with Crippen molar-refractivity contribution in [3.63, 3.8) is 0 Å². The molecule has 1 aromatic heterocycles. The molecule has 170 valence electrons. The molecule has 3 aromatic rings. The first kappa shape index (κ1) is 27.2. The fraction of sp³-hybridized carbons (Fsp3) is 0.208. The van der Waals surface area contributed by atoms with Gasteiger partial charge in [0.05, 0.1) is 35.6 Å². The molecule has 1 amide bonds. The van der Waals surface area contributed by atoms with Crippen LogP contribution in [0.4, 0.5) is 20.3 Å². The van der Waals surface area contributed by atoms with Crippen LogP contribution >= 0.6 is 23.2 Å².